The van der Waals surface area contributed by atoms with Gasteiger partial charge in [-0.3, -0.25) is 9.48 Å². The fourth-order valence-corrected chi connectivity index (χ4v) is 3.21. The largest absolute Gasteiger partial charge is 0.294 e. The molecule has 17 heavy (non-hydrogen) atoms. The van der Waals surface area contributed by atoms with Crippen LogP contribution < -0.4 is 0 Å². The molecule has 0 atom stereocenters. The van der Waals surface area contributed by atoms with Gasteiger partial charge in [0, 0.05) is 24.5 Å². The fourth-order valence-electron chi connectivity index (χ4n) is 1.73. The number of aryl methyl sites for hydroxylation is 2. The molecule has 0 aliphatic rings. The van der Waals surface area contributed by atoms with E-state index in [2.05, 4.69) is 21.0 Å². The van der Waals surface area contributed by atoms with Gasteiger partial charge in [-0.2, -0.15) is 5.10 Å². The van der Waals surface area contributed by atoms with Crippen LogP contribution in [0.25, 0.3) is 0 Å². The summed E-state index contributed by atoms with van der Waals surface area (Å²) >= 11 is 5.00. The minimum Gasteiger partial charge on any atom is -0.294 e. The highest BCUT2D eigenvalue weighted by Crippen LogP contribution is 2.23. The van der Waals surface area contributed by atoms with Crippen LogP contribution in [0.15, 0.2) is 22.1 Å². The van der Waals surface area contributed by atoms with E-state index in [4.69, 9.17) is 0 Å². The first-order valence-electron chi connectivity index (χ1n) is 5.40. The summed E-state index contributed by atoms with van der Waals surface area (Å²) in [5.74, 6) is 0.143. The van der Waals surface area contributed by atoms with Crippen molar-refractivity contribution >= 4 is 33.0 Å². The molecular formula is C12H13BrN2OS. The van der Waals surface area contributed by atoms with Gasteiger partial charge in [-0.25, -0.2) is 0 Å². The van der Waals surface area contributed by atoms with Gasteiger partial charge in [-0.15, -0.1) is 11.3 Å². The van der Waals surface area contributed by atoms with Crippen LogP contribution >= 0.6 is 27.3 Å². The number of carbonyl (C=O) groups excluding carboxylic acids is 1. The molecule has 2 aromatic heterocycles. The number of thiophene rings is 1. The van der Waals surface area contributed by atoms with Gasteiger partial charge in [0.2, 0.25) is 0 Å². The Morgan fingerprint density at radius 2 is 2.29 bits per heavy atom. The van der Waals surface area contributed by atoms with E-state index in [1.54, 1.807) is 16.0 Å². The molecule has 0 aliphatic carbocycles. The molecule has 0 N–H and O–H groups in total. The van der Waals surface area contributed by atoms with Crippen molar-refractivity contribution in [3.8, 4) is 0 Å². The molecule has 0 aliphatic heterocycles. The van der Waals surface area contributed by atoms with Gasteiger partial charge in [-0.05, 0) is 34.5 Å². The minimum atomic E-state index is 0.143. The van der Waals surface area contributed by atoms with Crippen LogP contribution in [-0.2, 0) is 19.9 Å². The number of hydrogen-bond donors (Lipinski definition) is 0. The molecule has 0 bridgehead atoms. The SMILES string of the molecule is CCc1nn(C)cc1C(=O)Cc1ccc(Br)s1. The highest BCUT2D eigenvalue weighted by molar-refractivity contribution is 9.11. The summed E-state index contributed by atoms with van der Waals surface area (Å²) in [6, 6.07) is 3.95. The van der Waals surface area contributed by atoms with Crippen LogP contribution in [0.4, 0.5) is 0 Å². The predicted octanol–water partition coefficient (Wildman–Crippen LogP) is 3.23. The molecular weight excluding hydrogens is 300 g/mol. The van der Waals surface area contributed by atoms with Crippen molar-refractivity contribution in [1.29, 1.82) is 0 Å². The van der Waals surface area contributed by atoms with Crippen molar-refractivity contribution in [2.24, 2.45) is 7.05 Å². The quantitative estimate of drug-likeness (QED) is 0.812. The second kappa shape index (κ2) is 5.14. The molecule has 2 heterocycles. The number of Topliss-reactive ketones (excluding diaryl/α,β-unsaturated/α-hetero) is 1. The van der Waals surface area contributed by atoms with Crippen LogP contribution in [0, 0.1) is 0 Å². The van der Waals surface area contributed by atoms with Gasteiger partial charge in [0.15, 0.2) is 5.78 Å². The van der Waals surface area contributed by atoms with Gasteiger partial charge < -0.3 is 0 Å². The van der Waals surface area contributed by atoms with Crippen LogP contribution in [0.1, 0.15) is 27.9 Å². The monoisotopic (exact) mass is 312 g/mol. The van der Waals surface area contributed by atoms with Crippen LogP contribution in [0.5, 0.6) is 0 Å². The Balaban J connectivity index is 2.19. The molecule has 0 saturated heterocycles. The topological polar surface area (TPSA) is 34.9 Å². The zero-order valence-electron chi connectivity index (χ0n) is 9.74. The lowest BCUT2D eigenvalue weighted by molar-refractivity contribution is 0.0993. The maximum Gasteiger partial charge on any atom is 0.171 e. The van der Waals surface area contributed by atoms with E-state index in [0.717, 1.165) is 26.3 Å². The summed E-state index contributed by atoms with van der Waals surface area (Å²) in [5.41, 5.74) is 1.63. The van der Waals surface area contributed by atoms with E-state index >= 15 is 0 Å². The third-order valence-corrected chi connectivity index (χ3v) is 4.13. The van der Waals surface area contributed by atoms with Crippen LogP contribution in [0.3, 0.4) is 0 Å². The molecule has 2 rings (SSSR count). The Bertz CT molecular complexity index is 544. The van der Waals surface area contributed by atoms with E-state index in [9.17, 15) is 4.79 Å². The molecule has 0 amide bonds. The second-order valence-electron chi connectivity index (χ2n) is 3.82. The number of rotatable bonds is 4. The first kappa shape index (κ1) is 12.5. The van der Waals surface area contributed by atoms with Gasteiger partial charge >= 0.3 is 0 Å². The standard InChI is InChI=1S/C12H13BrN2OS/c1-3-10-9(7-15(2)14-10)11(16)6-8-4-5-12(13)17-8/h4-5,7H,3,6H2,1-2H3. The number of carbonyl (C=O) groups is 1. The lowest BCUT2D eigenvalue weighted by atomic mass is 10.1. The van der Waals surface area contributed by atoms with Crippen molar-refractivity contribution in [2.75, 3.05) is 0 Å². The number of ketones is 1. The Morgan fingerprint density at radius 3 is 2.88 bits per heavy atom. The lowest BCUT2D eigenvalue weighted by Gasteiger charge is -1.97. The Kier molecular flexibility index (Phi) is 3.79. The summed E-state index contributed by atoms with van der Waals surface area (Å²) in [6.45, 7) is 2.01. The zero-order valence-corrected chi connectivity index (χ0v) is 12.1. The van der Waals surface area contributed by atoms with Gasteiger partial charge in [0.05, 0.1) is 15.0 Å². The van der Waals surface area contributed by atoms with Crippen molar-refractivity contribution < 1.29 is 4.79 Å². The highest BCUT2D eigenvalue weighted by Gasteiger charge is 2.15. The maximum atomic E-state index is 12.2. The van der Waals surface area contributed by atoms with Gasteiger partial charge in [0.1, 0.15) is 0 Å². The minimum absolute atomic E-state index is 0.143. The summed E-state index contributed by atoms with van der Waals surface area (Å²) in [4.78, 5) is 13.2. The zero-order chi connectivity index (χ0) is 12.4. The van der Waals surface area contributed by atoms with E-state index in [0.29, 0.717) is 6.42 Å². The first-order chi connectivity index (χ1) is 8.10. The number of aromatic nitrogens is 2. The summed E-state index contributed by atoms with van der Waals surface area (Å²) in [7, 11) is 1.84. The summed E-state index contributed by atoms with van der Waals surface area (Å²) in [5, 5.41) is 4.29. The molecule has 0 saturated carbocycles. The Labute approximate surface area is 113 Å². The van der Waals surface area contributed by atoms with Gasteiger partial charge in [-0.1, -0.05) is 6.92 Å². The summed E-state index contributed by atoms with van der Waals surface area (Å²) < 4.78 is 2.76. The fraction of sp³-hybridized carbons (Fsp3) is 0.333. The van der Waals surface area contributed by atoms with E-state index in [1.807, 2.05) is 32.3 Å². The molecule has 0 spiro atoms. The molecule has 0 radical (unpaired) electrons. The summed E-state index contributed by atoms with van der Waals surface area (Å²) in [6.07, 6.45) is 3.05. The second-order valence-corrected chi connectivity index (χ2v) is 6.37. The molecule has 0 fully saturated rings. The highest BCUT2D eigenvalue weighted by atomic mass is 79.9. The molecule has 2 aromatic rings. The number of halogens is 1. The van der Waals surface area contributed by atoms with Crippen molar-refractivity contribution in [2.45, 2.75) is 19.8 Å². The number of nitrogens with zero attached hydrogens (tertiary/aromatic N) is 2. The van der Waals surface area contributed by atoms with Crippen molar-refractivity contribution in [3.05, 3.63) is 38.3 Å². The molecule has 90 valence electrons. The lowest BCUT2D eigenvalue weighted by Crippen LogP contribution is -2.04. The van der Waals surface area contributed by atoms with Crippen molar-refractivity contribution in [3.63, 3.8) is 0 Å². The first-order valence-corrected chi connectivity index (χ1v) is 7.01. The normalized spacial score (nSPS) is 10.8. The van der Waals surface area contributed by atoms with Crippen LogP contribution in [0.2, 0.25) is 0 Å². The number of hydrogen-bond acceptors (Lipinski definition) is 3. The van der Waals surface area contributed by atoms with E-state index < -0.39 is 0 Å². The van der Waals surface area contributed by atoms with Gasteiger partial charge in [0.25, 0.3) is 0 Å². The third kappa shape index (κ3) is 2.84. The maximum absolute atomic E-state index is 12.2. The molecule has 3 nitrogen and oxygen atoms in total. The van der Waals surface area contributed by atoms with E-state index in [-0.39, 0.29) is 5.78 Å². The Hall–Kier alpha value is -0.940. The van der Waals surface area contributed by atoms with Crippen molar-refractivity contribution in [1.82, 2.24) is 9.78 Å². The smallest absolute Gasteiger partial charge is 0.171 e. The molecule has 5 heteroatoms. The predicted molar refractivity (Wildman–Crippen MR) is 72.6 cm³/mol. The average molecular weight is 313 g/mol. The molecule has 0 unspecified atom stereocenters. The molecule has 0 aromatic carbocycles. The average Bonchev–Trinajstić information content (AvgIpc) is 2.84. The van der Waals surface area contributed by atoms with Crippen LogP contribution in [-0.4, -0.2) is 15.6 Å². The van der Waals surface area contributed by atoms with E-state index in [1.165, 1.54) is 0 Å². The Morgan fingerprint density at radius 1 is 1.53 bits per heavy atom. The third-order valence-electron chi connectivity index (χ3n) is 2.50.